The molecule has 0 aromatic carbocycles. The number of aliphatic hydroxyl groups is 1. The fourth-order valence-corrected chi connectivity index (χ4v) is 1.65. The van der Waals surface area contributed by atoms with Gasteiger partial charge in [0.05, 0.1) is 18.0 Å². The van der Waals surface area contributed by atoms with E-state index in [0.29, 0.717) is 5.69 Å². The topological polar surface area (TPSA) is 46.0 Å². The summed E-state index contributed by atoms with van der Waals surface area (Å²) in [4.78, 5) is 7.94. The van der Waals surface area contributed by atoms with E-state index in [-0.39, 0.29) is 0 Å². The lowest BCUT2D eigenvalue weighted by atomic mass is 10.2. The van der Waals surface area contributed by atoms with Crippen LogP contribution in [0, 0.1) is 0 Å². The monoisotopic (exact) mass is 198 g/mol. The third kappa shape index (κ3) is 3.74. The van der Waals surface area contributed by atoms with Gasteiger partial charge in [0.25, 0.3) is 0 Å². The Balaban J connectivity index is 2.35. The maximum absolute atomic E-state index is 9.63. The van der Waals surface area contributed by atoms with Gasteiger partial charge in [0, 0.05) is 12.4 Å². The van der Waals surface area contributed by atoms with Crippen molar-refractivity contribution in [2.24, 2.45) is 0 Å². The van der Waals surface area contributed by atoms with Crippen molar-refractivity contribution in [3.63, 3.8) is 0 Å². The van der Waals surface area contributed by atoms with Gasteiger partial charge < -0.3 is 5.11 Å². The lowest BCUT2D eigenvalue weighted by Crippen LogP contribution is -2.01. The van der Waals surface area contributed by atoms with Crippen LogP contribution in [0.25, 0.3) is 0 Å². The summed E-state index contributed by atoms with van der Waals surface area (Å²) in [7, 11) is 0. The van der Waals surface area contributed by atoms with Crippen LogP contribution in [0.1, 0.15) is 25.1 Å². The van der Waals surface area contributed by atoms with Crippen LogP contribution in [0.4, 0.5) is 0 Å². The van der Waals surface area contributed by atoms with Gasteiger partial charge in [-0.2, -0.15) is 11.8 Å². The number of hydrogen-bond acceptors (Lipinski definition) is 4. The van der Waals surface area contributed by atoms with Crippen molar-refractivity contribution in [2.75, 3.05) is 11.5 Å². The van der Waals surface area contributed by atoms with Gasteiger partial charge in [0.2, 0.25) is 0 Å². The maximum atomic E-state index is 9.63. The van der Waals surface area contributed by atoms with Crippen molar-refractivity contribution in [2.45, 2.75) is 19.4 Å². The number of thioether (sulfide) groups is 1. The number of nitrogens with zero attached hydrogens (tertiary/aromatic N) is 2. The first-order valence-corrected chi connectivity index (χ1v) is 5.51. The Morgan fingerprint density at radius 2 is 2.38 bits per heavy atom. The van der Waals surface area contributed by atoms with Crippen molar-refractivity contribution >= 4 is 11.8 Å². The summed E-state index contributed by atoms with van der Waals surface area (Å²) in [6, 6.07) is 0. The zero-order valence-electron chi connectivity index (χ0n) is 7.68. The second-order valence-corrected chi connectivity index (χ2v) is 4.03. The molecule has 0 amide bonds. The fourth-order valence-electron chi connectivity index (χ4n) is 0.970. The Labute approximate surface area is 82.6 Å². The van der Waals surface area contributed by atoms with Gasteiger partial charge in [-0.15, -0.1) is 0 Å². The van der Waals surface area contributed by atoms with Gasteiger partial charge in [-0.1, -0.05) is 6.92 Å². The van der Waals surface area contributed by atoms with E-state index in [9.17, 15) is 5.11 Å². The van der Waals surface area contributed by atoms with E-state index in [2.05, 4.69) is 16.9 Å². The number of hydrogen-bond donors (Lipinski definition) is 1. The standard InChI is InChI=1S/C9H14N2OS/c1-2-13-6-3-9(12)8-7-10-4-5-11-8/h4-5,7,9,12H,2-3,6H2,1H3. The third-order valence-electron chi connectivity index (χ3n) is 1.66. The summed E-state index contributed by atoms with van der Waals surface area (Å²) in [6.07, 6.45) is 5.11. The quantitative estimate of drug-likeness (QED) is 0.731. The Kier molecular flexibility index (Phi) is 4.78. The number of aromatic nitrogens is 2. The Morgan fingerprint density at radius 1 is 1.54 bits per heavy atom. The molecule has 0 spiro atoms. The van der Waals surface area contributed by atoms with Crippen LogP contribution in [0.2, 0.25) is 0 Å². The van der Waals surface area contributed by atoms with Crippen molar-refractivity contribution < 1.29 is 5.11 Å². The molecule has 72 valence electrons. The summed E-state index contributed by atoms with van der Waals surface area (Å²) in [5.41, 5.74) is 0.666. The SMILES string of the molecule is CCSCCC(O)c1cnccn1. The lowest BCUT2D eigenvalue weighted by molar-refractivity contribution is 0.170. The van der Waals surface area contributed by atoms with E-state index < -0.39 is 6.10 Å². The third-order valence-corrected chi connectivity index (χ3v) is 2.60. The van der Waals surface area contributed by atoms with Gasteiger partial charge in [0.1, 0.15) is 0 Å². The van der Waals surface area contributed by atoms with Gasteiger partial charge in [-0.25, -0.2) is 0 Å². The molecule has 0 bridgehead atoms. The van der Waals surface area contributed by atoms with Crippen LogP contribution in [0.3, 0.4) is 0 Å². The van der Waals surface area contributed by atoms with E-state index in [1.54, 1.807) is 18.6 Å². The van der Waals surface area contributed by atoms with Crippen molar-refractivity contribution in [3.8, 4) is 0 Å². The number of aliphatic hydroxyl groups excluding tert-OH is 1. The van der Waals surface area contributed by atoms with E-state index >= 15 is 0 Å². The molecule has 0 aliphatic carbocycles. The molecule has 0 aliphatic heterocycles. The molecule has 0 fully saturated rings. The highest BCUT2D eigenvalue weighted by Crippen LogP contribution is 2.15. The second kappa shape index (κ2) is 5.94. The molecule has 0 saturated carbocycles. The first kappa shape index (κ1) is 10.5. The Hall–Kier alpha value is -0.610. The maximum Gasteiger partial charge on any atom is 0.0983 e. The first-order valence-electron chi connectivity index (χ1n) is 4.36. The zero-order chi connectivity index (χ0) is 9.52. The molecule has 1 aromatic rings. The lowest BCUT2D eigenvalue weighted by Gasteiger charge is -2.07. The van der Waals surface area contributed by atoms with Crippen LogP contribution < -0.4 is 0 Å². The van der Waals surface area contributed by atoms with Gasteiger partial charge in [-0.3, -0.25) is 9.97 Å². The predicted molar refractivity (Wildman–Crippen MR) is 54.6 cm³/mol. The largest absolute Gasteiger partial charge is 0.387 e. The summed E-state index contributed by atoms with van der Waals surface area (Å²) in [6.45, 7) is 2.11. The molecule has 3 nitrogen and oxygen atoms in total. The molecule has 0 aliphatic rings. The first-order chi connectivity index (χ1) is 6.34. The van der Waals surface area contributed by atoms with E-state index in [0.717, 1.165) is 17.9 Å². The smallest absolute Gasteiger partial charge is 0.0983 e. The molecule has 0 radical (unpaired) electrons. The molecule has 1 rings (SSSR count). The molecular formula is C9H14N2OS. The van der Waals surface area contributed by atoms with Crippen LogP contribution in [-0.2, 0) is 0 Å². The highest BCUT2D eigenvalue weighted by Gasteiger charge is 2.07. The van der Waals surface area contributed by atoms with Crippen LogP contribution in [0.15, 0.2) is 18.6 Å². The Bertz CT molecular complexity index is 230. The minimum absolute atomic E-state index is 0.465. The van der Waals surface area contributed by atoms with E-state index in [1.165, 1.54) is 0 Å². The predicted octanol–water partition coefficient (Wildman–Crippen LogP) is 1.65. The summed E-state index contributed by atoms with van der Waals surface area (Å²) in [5.74, 6) is 2.06. The van der Waals surface area contributed by atoms with Crippen molar-refractivity contribution in [3.05, 3.63) is 24.3 Å². The van der Waals surface area contributed by atoms with Crippen LogP contribution in [0.5, 0.6) is 0 Å². The summed E-state index contributed by atoms with van der Waals surface area (Å²) >= 11 is 1.82. The molecule has 13 heavy (non-hydrogen) atoms. The normalized spacial score (nSPS) is 12.8. The summed E-state index contributed by atoms with van der Waals surface area (Å²) in [5, 5.41) is 9.63. The molecule has 4 heteroatoms. The van der Waals surface area contributed by atoms with Gasteiger partial charge >= 0.3 is 0 Å². The zero-order valence-corrected chi connectivity index (χ0v) is 8.50. The highest BCUT2D eigenvalue weighted by atomic mass is 32.2. The molecule has 1 heterocycles. The van der Waals surface area contributed by atoms with E-state index in [1.807, 2.05) is 11.8 Å². The Morgan fingerprint density at radius 3 is 3.00 bits per heavy atom. The minimum Gasteiger partial charge on any atom is -0.387 e. The minimum atomic E-state index is -0.465. The van der Waals surface area contributed by atoms with Crippen molar-refractivity contribution in [1.82, 2.24) is 9.97 Å². The highest BCUT2D eigenvalue weighted by molar-refractivity contribution is 7.99. The molecule has 1 N–H and O–H groups in total. The van der Waals surface area contributed by atoms with Gasteiger partial charge in [0.15, 0.2) is 0 Å². The molecular weight excluding hydrogens is 184 g/mol. The fraction of sp³-hybridized carbons (Fsp3) is 0.556. The molecule has 0 saturated heterocycles. The van der Waals surface area contributed by atoms with E-state index in [4.69, 9.17) is 0 Å². The average molecular weight is 198 g/mol. The number of rotatable bonds is 5. The molecule has 1 atom stereocenters. The second-order valence-electron chi connectivity index (χ2n) is 2.63. The van der Waals surface area contributed by atoms with Crippen LogP contribution in [-0.4, -0.2) is 26.6 Å². The van der Waals surface area contributed by atoms with Gasteiger partial charge in [-0.05, 0) is 17.9 Å². The summed E-state index contributed by atoms with van der Waals surface area (Å²) < 4.78 is 0. The average Bonchev–Trinajstić information content (AvgIpc) is 2.19. The molecule has 1 unspecified atom stereocenters. The molecule has 1 aromatic heterocycles. The van der Waals surface area contributed by atoms with Crippen molar-refractivity contribution in [1.29, 1.82) is 0 Å². The van der Waals surface area contributed by atoms with Crippen LogP contribution >= 0.6 is 11.8 Å².